The molecule has 2 N–H and O–H groups in total. The minimum Gasteiger partial charge on any atom is -0.477 e. The number of aryl methyl sites for hydroxylation is 1. The fourth-order valence-electron chi connectivity index (χ4n) is 1.39. The number of carboxylic acids is 1. The number of carboxylic acid groups (broad SMARTS) is 1. The molecule has 5 nitrogen and oxygen atoms in total. The lowest BCUT2D eigenvalue weighted by atomic mass is 10.2. The predicted octanol–water partition coefficient (Wildman–Crippen LogP) is 2.53. The van der Waals surface area contributed by atoms with Crippen LogP contribution in [-0.4, -0.2) is 22.0 Å². The number of carbonyl (C=O) groups excluding carboxylic acids is 1. The molecule has 0 saturated heterocycles. The van der Waals surface area contributed by atoms with Crippen LogP contribution in [0.3, 0.4) is 0 Å². The van der Waals surface area contributed by atoms with E-state index in [1.807, 2.05) is 13.8 Å². The van der Waals surface area contributed by atoms with E-state index in [4.69, 9.17) is 5.11 Å². The molecule has 0 saturated carbocycles. The summed E-state index contributed by atoms with van der Waals surface area (Å²) in [7, 11) is 0. The predicted molar refractivity (Wildman–Crippen MR) is 66.6 cm³/mol. The third-order valence-electron chi connectivity index (χ3n) is 2.10. The molecule has 1 aromatic rings. The zero-order valence-electron chi connectivity index (χ0n) is 9.95. The van der Waals surface area contributed by atoms with E-state index in [-0.39, 0.29) is 10.8 Å². The van der Waals surface area contributed by atoms with E-state index in [9.17, 15) is 9.59 Å². The Labute approximate surface area is 104 Å². The van der Waals surface area contributed by atoms with Crippen LogP contribution in [0.5, 0.6) is 0 Å². The highest BCUT2D eigenvalue weighted by Crippen LogP contribution is 2.24. The smallest absolute Gasteiger partial charge is 0.347 e. The van der Waals surface area contributed by atoms with E-state index in [0.29, 0.717) is 23.7 Å². The summed E-state index contributed by atoms with van der Waals surface area (Å²) < 4.78 is 0. The van der Waals surface area contributed by atoms with E-state index < -0.39 is 5.97 Å². The molecule has 0 radical (unpaired) electrons. The average Bonchev–Trinajstić information content (AvgIpc) is 2.62. The third kappa shape index (κ3) is 3.81. The van der Waals surface area contributed by atoms with E-state index in [1.54, 1.807) is 0 Å². The van der Waals surface area contributed by atoms with Crippen LogP contribution in [0.4, 0.5) is 5.13 Å². The molecule has 1 aromatic heterocycles. The largest absolute Gasteiger partial charge is 0.477 e. The zero-order valence-corrected chi connectivity index (χ0v) is 10.8. The number of hydrogen-bond acceptors (Lipinski definition) is 4. The molecule has 0 bridgehead atoms. The van der Waals surface area contributed by atoms with Gasteiger partial charge in [0.05, 0.1) is 5.69 Å². The molecule has 0 spiro atoms. The lowest BCUT2D eigenvalue weighted by molar-refractivity contribution is -0.116. The second kappa shape index (κ2) is 6.34. The van der Waals surface area contributed by atoms with E-state index in [1.165, 1.54) is 0 Å². The number of thiazole rings is 1. The summed E-state index contributed by atoms with van der Waals surface area (Å²) >= 11 is 1.02. The second-order valence-corrected chi connectivity index (χ2v) is 4.65. The van der Waals surface area contributed by atoms with Gasteiger partial charge in [-0.1, -0.05) is 31.6 Å². The van der Waals surface area contributed by atoms with Gasteiger partial charge in [0, 0.05) is 6.42 Å². The number of nitrogens with zero attached hydrogens (tertiary/aromatic N) is 1. The standard InChI is InChI=1S/C11H16N2O3S/c1-3-5-7-9(10(15)16)17-11(12-7)13-8(14)6-4-2/h3-6H2,1-2H3,(H,15,16)(H,12,13,14). The van der Waals surface area contributed by atoms with Crippen molar-refractivity contribution in [3.8, 4) is 0 Å². The topological polar surface area (TPSA) is 79.3 Å². The molecule has 94 valence electrons. The molecular formula is C11H16N2O3S. The number of aromatic carboxylic acids is 1. The highest BCUT2D eigenvalue weighted by molar-refractivity contribution is 7.17. The number of amides is 1. The number of anilines is 1. The first-order valence-electron chi connectivity index (χ1n) is 5.61. The van der Waals surface area contributed by atoms with Crippen molar-refractivity contribution in [2.75, 3.05) is 5.32 Å². The minimum absolute atomic E-state index is 0.124. The number of carbonyl (C=O) groups is 2. The molecule has 1 heterocycles. The summed E-state index contributed by atoms with van der Waals surface area (Å²) in [5.41, 5.74) is 0.553. The monoisotopic (exact) mass is 256 g/mol. The van der Waals surface area contributed by atoms with Crippen LogP contribution in [0, 0.1) is 0 Å². The van der Waals surface area contributed by atoms with Gasteiger partial charge in [-0.3, -0.25) is 4.79 Å². The Kier molecular flexibility index (Phi) is 5.09. The number of aromatic nitrogens is 1. The van der Waals surface area contributed by atoms with E-state index in [0.717, 1.165) is 24.2 Å². The van der Waals surface area contributed by atoms with Crippen molar-refractivity contribution in [3.63, 3.8) is 0 Å². The first kappa shape index (κ1) is 13.6. The fraction of sp³-hybridized carbons (Fsp3) is 0.545. The van der Waals surface area contributed by atoms with Crippen LogP contribution in [-0.2, 0) is 11.2 Å². The van der Waals surface area contributed by atoms with Crippen molar-refractivity contribution in [1.82, 2.24) is 4.98 Å². The van der Waals surface area contributed by atoms with Gasteiger partial charge < -0.3 is 10.4 Å². The van der Waals surface area contributed by atoms with Crippen LogP contribution in [0.15, 0.2) is 0 Å². The lowest BCUT2D eigenvalue weighted by Gasteiger charge is -1.97. The third-order valence-corrected chi connectivity index (χ3v) is 3.10. The van der Waals surface area contributed by atoms with Crippen LogP contribution in [0.2, 0.25) is 0 Å². The van der Waals surface area contributed by atoms with Gasteiger partial charge in [-0.25, -0.2) is 9.78 Å². The normalized spacial score (nSPS) is 10.2. The lowest BCUT2D eigenvalue weighted by Crippen LogP contribution is -2.10. The van der Waals surface area contributed by atoms with Gasteiger partial charge >= 0.3 is 5.97 Å². The number of hydrogen-bond donors (Lipinski definition) is 2. The minimum atomic E-state index is -0.984. The highest BCUT2D eigenvalue weighted by atomic mass is 32.1. The van der Waals surface area contributed by atoms with Crippen LogP contribution in [0.1, 0.15) is 48.5 Å². The summed E-state index contributed by atoms with van der Waals surface area (Å²) in [6.45, 7) is 3.87. The molecule has 17 heavy (non-hydrogen) atoms. The zero-order chi connectivity index (χ0) is 12.8. The molecule has 0 atom stereocenters. The molecule has 0 unspecified atom stereocenters. The molecule has 1 amide bonds. The highest BCUT2D eigenvalue weighted by Gasteiger charge is 2.17. The maximum absolute atomic E-state index is 11.4. The van der Waals surface area contributed by atoms with Crippen molar-refractivity contribution < 1.29 is 14.7 Å². The molecule has 6 heteroatoms. The molecule has 0 aliphatic heterocycles. The summed E-state index contributed by atoms with van der Waals surface area (Å²) in [6.07, 6.45) is 2.62. The Morgan fingerprint density at radius 3 is 2.59 bits per heavy atom. The Morgan fingerprint density at radius 2 is 2.06 bits per heavy atom. The first-order valence-corrected chi connectivity index (χ1v) is 6.43. The van der Waals surface area contributed by atoms with Gasteiger partial charge in [-0.05, 0) is 12.8 Å². The van der Waals surface area contributed by atoms with Crippen molar-refractivity contribution in [2.24, 2.45) is 0 Å². The van der Waals surface area contributed by atoms with E-state index >= 15 is 0 Å². The molecule has 0 aliphatic carbocycles. The summed E-state index contributed by atoms with van der Waals surface area (Å²) in [5, 5.41) is 12.0. The van der Waals surface area contributed by atoms with Crippen LogP contribution in [0.25, 0.3) is 0 Å². The quantitative estimate of drug-likeness (QED) is 0.819. The molecule has 0 aromatic carbocycles. The van der Waals surface area contributed by atoms with Crippen LogP contribution >= 0.6 is 11.3 Å². The maximum Gasteiger partial charge on any atom is 0.347 e. The Bertz CT molecular complexity index is 415. The number of rotatable bonds is 6. The van der Waals surface area contributed by atoms with Crippen molar-refractivity contribution in [2.45, 2.75) is 39.5 Å². The molecule has 0 fully saturated rings. The maximum atomic E-state index is 11.4. The SMILES string of the molecule is CCCC(=O)Nc1nc(CCC)c(C(=O)O)s1. The van der Waals surface area contributed by atoms with Gasteiger partial charge in [0.1, 0.15) is 4.88 Å². The average molecular weight is 256 g/mol. The van der Waals surface area contributed by atoms with Gasteiger partial charge in [0.2, 0.25) is 5.91 Å². The van der Waals surface area contributed by atoms with Gasteiger partial charge in [0.15, 0.2) is 5.13 Å². The molecule has 1 rings (SSSR count). The molecular weight excluding hydrogens is 240 g/mol. The van der Waals surface area contributed by atoms with Crippen molar-refractivity contribution in [3.05, 3.63) is 10.6 Å². The molecule has 0 aliphatic rings. The summed E-state index contributed by atoms with van der Waals surface area (Å²) in [4.78, 5) is 26.7. The Morgan fingerprint density at radius 1 is 1.35 bits per heavy atom. The van der Waals surface area contributed by atoms with Gasteiger partial charge in [-0.15, -0.1) is 0 Å². The first-order chi connectivity index (χ1) is 8.08. The number of nitrogens with one attached hydrogen (secondary N) is 1. The van der Waals surface area contributed by atoms with Crippen LogP contribution < -0.4 is 5.32 Å². The Balaban J connectivity index is 2.84. The van der Waals surface area contributed by atoms with E-state index in [2.05, 4.69) is 10.3 Å². The second-order valence-electron chi connectivity index (χ2n) is 3.65. The summed E-state index contributed by atoms with van der Waals surface area (Å²) in [5.74, 6) is -1.11. The van der Waals surface area contributed by atoms with Crippen molar-refractivity contribution in [1.29, 1.82) is 0 Å². The Hall–Kier alpha value is -1.43. The summed E-state index contributed by atoms with van der Waals surface area (Å²) in [6, 6.07) is 0. The van der Waals surface area contributed by atoms with Gasteiger partial charge in [-0.2, -0.15) is 0 Å². The van der Waals surface area contributed by atoms with Crippen molar-refractivity contribution >= 4 is 28.3 Å². The fourth-order valence-corrected chi connectivity index (χ4v) is 2.25. The van der Waals surface area contributed by atoms with Gasteiger partial charge in [0.25, 0.3) is 0 Å².